The van der Waals surface area contributed by atoms with Gasteiger partial charge in [0.25, 0.3) is 0 Å². The van der Waals surface area contributed by atoms with E-state index < -0.39 is 0 Å². The number of hydrogen-bond acceptors (Lipinski definition) is 3. The van der Waals surface area contributed by atoms with Gasteiger partial charge < -0.3 is 14.2 Å². The van der Waals surface area contributed by atoms with E-state index in [0.29, 0.717) is 18.0 Å². The van der Waals surface area contributed by atoms with Crippen LogP contribution in [0, 0.1) is 0 Å². The highest BCUT2D eigenvalue weighted by atomic mass is 79.9. The van der Waals surface area contributed by atoms with E-state index in [2.05, 4.69) is 22.9 Å². The van der Waals surface area contributed by atoms with Gasteiger partial charge in [-0.05, 0) is 30.2 Å². The van der Waals surface area contributed by atoms with Gasteiger partial charge in [0.1, 0.15) is 18.0 Å². The Hall–Kier alpha value is -0.290. The van der Waals surface area contributed by atoms with E-state index in [1.807, 2.05) is 18.2 Å². The molecule has 20 heavy (non-hydrogen) atoms. The summed E-state index contributed by atoms with van der Waals surface area (Å²) in [6.45, 7) is 3.27. The van der Waals surface area contributed by atoms with Crippen molar-refractivity contribution in [1.82, 2.24) is 0 Å². The average molecular weight is 364 g/mol. The molecule has 0 amide bonds. The molecular weight excluding hydrogens is 344 g/mol. The molecule has 1 saturated carbocycles. The zero-order chi connectivity index (χ0) is 14.5. The van der Waals surface area contributed by atoms with Gasteiger partial charge in [-0.3, -0.25) is 0 Å². The molecule has 1 aromatic rings. The fraction of sp³-hybridized carbons (Fsp3) is 0.600. The first-order valence-corrected chi connectivity index (χ1v) is 8.14. The van der Waals surface area contributed by atoms with Crippen LogP contribution in [0.3, 0.4) is 0 Å². The van der Waals surface area contributed by atoms with Crippen LogP contribution < -0.4 is 4.74 Å². The van der Waals surface area contributed by atoms with E-state index >= 15 is 0 Å². The van der Waals surface area contributed by atoms with Crippen molar-refractivity contribution < 1.29 is 14.2 Å². The van der Waals surface area contributed by atoms with Gasteiger partial charge >= 0.3 is 0 Å². The standard InChI is InChI=1S/C15H20BrClO3/c1-3-10-8-11(4-5-13(10)17)20-14-9-12(16)15(14)19-7-6-18-2/h4-5,8,12,14-15H,3,6-7,9H2,1-2H3. The molecule has 0 saturated heterocycles. The van der Waals surface area contributed by atoms with Crippen LogP contribution in [0.1, 0.15) is 18.9 Å². The Kier molecular flexibility index (Phi) is 6.15. The lowest BCUT2D eigenvalue weighted by Gasteiger charge is -2.41. The summed E-state index contributed by atoms with van der Waals surface area (Å²) in [6.07, 6.45) is 2.00. The molecule has 0 aromatic heterocycles. The second-order valence-corrected chi connectivity index (χ2v) is 6.43. The predicted molar refractivity (Wildman–Crippen MR) is 84.2 cm³/mol. The third-order valence-corrected chi connectivity index (χ3v) is 4.73. The van der Waals surface area contributed by atoms with Crippen LogP contribution in [0.25, 0.3) is 0 Å². The van der Waals surface area contributed by atoms with Crippen molar-refractivity contribution in [3.8, 4) is 5.75 Å². The number of aryl methyl sites for hydroxylation is 1. The third-order valence-electron chi connectivity index (χ3n) is 3.46. The van der Waals surface area contributed by atoms with Crippen LogP contribution in [-0.2, 0) is 15.9 Å². The molecule has 1 aliphatic rings. The van der Waals surface area contributed by atoms with E-state index in [9.17, 15) is 0 Å². The summed E-state index contributed by atoms with van der Waals surface area (Å²) in [7, 11) is 1.67. The minimum absolute atomic E-state index is 0.0749. The van der Waals surface area contributed by atoms with Crippen LogP contribution in [0.5, 0.6) is 5.75 Å². The van der Waals surface area contributed by atoms with Crippen molar-refractivity contribution in [2.45, 2.75) is 36.8 Å². The molecule has 0 radical (unpaired) electrons. The van der Waals surface area contributed by atoms with Gasteiger partial charge in [-0.15, -0.1) is 0 Å². The van der Waals surface area contributed by atoms with Gasteiger partial charge in [0.15, 0.2) is 0 Å². The van der Waals surface area contributed by atoms with Crippen LogP contribution in [0.4, 0.5) is 0 Å². The predicted octanol–water partition coefficient (Wildman–Crippen LogP) is 3.85. The molecule has 0 N–H and O–H groups in total. The Bertz CT molecular complexity index is 441. The molecule has 0 aliphatic heterocycles. The number of hydrogen-bond donors (Lipinski definition) is 0. The van der Waals surface area contributed by atoms with E-state index in [0.717, 1.165) is 29.2 Å². The SMILES string of the molecule is CCc1cc(OC2CC(Br)C2OCCOC)ccc1Cl. The topological polar surface area (TPSA) is 27.7 Å². The fourth-order valence-corrected chi connectivity index (χ4v) is 3.30. The number of alkyl halides is 1. The number of ether oxygens (including phenoxy) is 3. The smallest absolute Gasteiger partial charge is 0.127 e. The molecule has 0 bridgehead atoms. The zero-order valence-electron chi connectivity index (χ0n) is 11.8. The Labute approximate surface area is 133 Å². The minimum Gasteiger partial charge on any atom is -0.488 e. The Morgan fingerprint density at radius 1 is 1.35 bits per heavy atom. The van der Waals surface area contributed by atoms with Crippen molar-refractivity contribution in [3.63, 3.8) is 0 Å². The Morgan fingerprint density at radius 2 is 2.15 bits per heavy atom. The average Bonchev–Trinajstić information content (AvgIpc) is 2.45. The molecule has 2 rings (SSSR count). The van der Waals surface area contributed by atoms with Crippen LogP contribution in [-0.4, -0.2) is 37.4 Å². The van der Waals surface area contributed by atoms with Gasteiger partial charge in [0, 0.05) is 23.4 Å². The molecule has 1 aliphatic carbocycles. The van der Waals surface area contributed by atoms with E-state index in [1.54, 1.807) is 7.11 Å². The van der Waals surface area contributed by atoms with Gasteiger partial charge in [0.05, 0.1) is 13.2 Å². The summed E-state index contributed by atoms with van der Waals surface area (Å²) in [5.41, 5.74) is 1.11. The highest BCUT2D eigenvalue weighted by Crippen LogP contribution is 2.35. The number of rotatable bonds is 7. The zero-order valence-corrected chi connectivity index (χ0v) is 14.1. The van der Waals surface area contributed by atoms with Crippen LogP contribution >= 0.6 is 27.5 Å². The van der Waals surface area contributed by atoms with Crippen molar-refractivity contribution >= 4 is 27.5 Å². The van der Waals surface area contributed by atoms with Gasteiger partial charge in [-0.1, -0.05) is 34.5 Å². The van der Waals surface area contributed by atoms with Gasteiger partial charge in [-0.2, -0.15) is 0 Å². The first-order valence-electron chi connectivity index (χ1n) is 6.85. The summed E-state index contributed by atoms with van der Waals surface area (Å²) >= 11 is 9.72. The van der Waals surface area contributed by atoms with Crippen LogP contribution in [0.2, 0.25) is 5.02 Å². The molecule has 5 heteroatoms. The lowest BCUT2D eigenvalue weighted by Crippen LogP contribution is -2.52. The van der Waals surface area contributed by atoms with Crippen LogP contribution in [0.15, 0.2) is 18.2 Å². The summed E-state index contributed by atoms with van der Waals surface area (Å²) < 4.78 is 16.8. The third kappa shape index (κ3) is 3.88. The van der Waals surface area contributed by atoms with E-state index in [-0.39, 0.29) is 12.2 Å². The first kappa shape index (κ1) is 16.1. The number of halogens is 2. The summed E-state index contributed by atoms with van der Waals surface area (Å²) in [6, 6.07) is 5.81. The maximum absolute atomic E-state index is 6.12. The van der Waals surface area contributed by atoms with Crippen molar-refractivity contribution in [2.24, 2.45) is 0 Å². The summed E-state index contributed by atoms with van der Waals surface area (Å²) in [5.74, 6) is 0.857. The maximum Gasteiger partial charge on any atom is 0.127 e. The van der Waals surface area contributed by atoms with Gasteiger partial charge in [0.2, 0.25) is 0 Å². The lowest BCUT2D eigenvalue weighted by atomic mass is 9.91. The first-order chi connectivity index (χ1) is 9.65. The van der Waals surface area contributed by atoms with Gasteiger partial charge in [-0.25, -0.2) is 0 Å². The fourth-order valence-electron chi connectivity index (χ4n) is 2.19. The highest BCUT2D eigenvalue weighted by Gasteiger charge is 2.42. The summed E-state index contributed by atoms with van der Waals surface area (Å²) in [4.78, 5) is 0.349. The molecule has 0 spiro atoms. The molecule has 3 atom stereocenters. The molecule has 3 unspecified atom stereocenters. The minimum atomic E-state index is 0.0749. The molecule has 0 heterocycles. The molecule has 112 valence electrons. The second kappa shape index (κ2) is 7.64. The van der Waals surface area contributed by atoms with Crippen molar-refractivity contribution in [2.75, 3.05) is 20.3 Å². The normalized spacial score (nSPS) is 25.3. The quantitative estimate of drug-likeness (QED) is 0.544. The summed E-state index contributed by atoms with van der Waals surface area (Å²) in [5, 5.41) is 0.791. The molecule has 3 nitrogen and oxygen atoms in total. The largest absolute Gasteiger partial charge is 0.488 e. The number of benzene rings is 1. The molecule has 1 fully saturated rings. The monoisotopic (exact) mass is 362 g/mol. The van der Waals surface area contributed by atoms with Crippen molar-refractivity contribution in [1.29, 1.82) is 0 Å². The molecule has 1 aromatic carbocycles. The Balaban J connectivity index is 1.92. The maximum atomic E-state index is 6.12. The van der Waals surface area contributed by atoms with Crippen molar-refractivity contribution in [3.05, 3.63) is 28.8 Å². The lowest BCUT2D eigenvalue weighted by molar-refractivity contribution is -0.0865. The highest BCUT2D eigenvalue weighted by molar-refractivity contribution is 9.09. The Morgan fingerprint density at radius 3 is 2.80 bits per heavy atom. The second-order valence-electron chi connectivity index (χ2n) is 4.84. The number of methoxy groups -OCH3 is 1. The van der Waals surface area contributed by atoms with E-state index in [1.165, 1.54) is 0 Å². The molecular formula is C15H20BrClO3. The van der Waals surface area contributed by atoms with E-state index in [4.69, 9.17) is 25.8 Å².